The lowest BCUT2D eigenvalue weighted by molar-refractivity contribution is -0.0724. The Morgan fingerprint density at radius 2 is 1.88 bits per heavy atom. The van der Waals surface area contributed by atoms with Gasteiger partial charge in [-0.2, -0.15) is 0 Å². The molecule has 0 spiro atoms. The van der Waals surface area contributed by atoms with Gasteiger partial charge in [0.2, 0.25) is 0 Å². The van der Waals surface area contributed by atoms with Crippen molar-refractivity contribution in [2.24, 2.45) is 5.73 Å². The maximum absolute atomic E-state index is 9.92. The first-order chi connectivity index (χ1) is 7.64. The van der Waals surface area contributed by atoms with E-state index in [4.69, 9.17) is 10.8 Å². The molecule has 0 radical (unpaired) electrons. The molecule has 0 amide bonds. The van der Waals surface area contributed by atoms with Gasteiger partial charge in [0.05, 0.1) is 24.5 Å². The normalized spacial score (nSPS) is 36.2. The Morgan fingerprint density at radius 1 is 1.25 bits per heavy atom. The van der Waals surface area contributed by atoms with E-state index in [1.165, 1.54) is 0 Å². The minimum absolute atomic E-state index is 0.0610. The standard InChI is InChI=1S/C10H22N4O2/c11-8-9(13-4-3-12-8)14-5-1-10(16,7-15)2-6-14/h8-9,12-13,15-16H,1-7,11H2. The number of rotatable bonds is 2. The molecule has 2 atom stereocenters. The van der Waals surface area contributed by atoms with Gasteiger partial charge in [-0.3, -0.25) is 15.5 Å². The molecule has 0 saturated carbocycles. The van der Waals surface area contributed by atoms with E-state index in [9.17, 15) is 5.11 Å². The van der Waals surface area contributed by atoms with Gasteiger partial charge in [0.25, 0.3) is 0 Å². The van der Waals surface area contributed by atoms with Gasteiger partial charge >= 0.3 is 0 Å². The zero-order valence-electron chi connectivity index (χ0n) is 9.52. The third kappa shape index (κ3) is 2.53. The quantitative estimate of drug-likeness (QED) is 0.363. The highest BCUT2D eigenvalue weighted by atomic mass is 16.3. The van der Waals surface area contributed by atoms with Gasteiger partial charge < -0.3 is 15.9 Å². The van der Waals surface area contributed by atoms with Crippen molar-refractivity contribution in [3.05, 3.63) is 0 Å². The summed E-state index contributed by atoms with van der Waals surface area (Å²) in [5.41, 5.74) is 5.10. The largest absolute Gasteiger partial charge is 0.393 e. The van der Waals surface area contributed by atoms with Gasteiger partial charge in [-0.05, 0) is 12.8 Å². The van der Waals surface area contributed by atoms with E-state index in [0.717, 1.165) is 26.2 Å². The minimum Gasteiger partial charge on any atom is -0.393 e. The Bertz CT molecular complexity index is 231. The van der Waals surface area contributed by atoms with Crippen LogP contribution in [0, 0.1) is 0 Å². The number of piperazine rings is 1. The van der Waals surface area contributed by atoms with Crippen molar-refractivity contribution in [3.63, 3.8) is 0 Å². The summed E-state index contributed by atoms with van der Waals surface area (Å²) < 4.78 is 0. The summed E-state index contributed by atoms with van der Waals surface area (Å²) in [5.74, 6) is 0. The van der Waals surface area contributed by atoms with Crippen LogP contribution in [0.15, 0.2) is 0 Å². The monoisotopic (exact) mass is 230 g/mol. The number of nitrogens with two attached hydrogens (primary N) is 1. The molecule has 6 nitrogen and oxygen atoms in total. The van der Waals surface area contributed by atoms with Gasteiger partial charge in [0, 0.05) is 26.2 Å². The number of aliphatic hydroxyl groups excluding tert-OH is 1. The highest BCUT2D eigenvalue weighted by molar-refractivity contribution is 4.90. The molecule has 2 unspecified atom stereocenters. The van der Waals surface area contributed by atoms with Crippen LogP contribution in [0.5, 0.6) is 0 Å². The molecule has 2 fully saturated rings. The zero-order chi connectivity index (χ0) is 11.6. The molecule has 0 aliphatic carbocycles. The van der Waals surface area contributed by atoms with Gasteiger partial charge in [-0.1, -0.05) is 0 Å². The van der Waals surface area contributed by atoms with E-state index in [0.29, 0.717) is 12.8 Å². The van der Waals surface area contributed by atoms with Crippen LogP contribution >= 0.6 is 0 Å². The fraction of sp³-hybridized carbons (Fsp3) is 1.00. The van der Waals surface area contributed by atoms with Crippen LogP contribution in [-0.2, 0) is 0 Å². The number of aliphatic hydroxyl groups is 2. The SMILES string of the molecule is NC1NCCNC1N1CCC(O)(CO)CC1. The van der Waals surface area contributed by atoms with Crippen molar-refractivity contribution in [3.8, 4) is 0 Å². The number of nitrogens with zero attached hydrogens (tertiary/aromatic N) is 1. The van der Waals surface area contributed by atoms with Crippen LogP contribution in [0.2, 0.25) is 0 Å². The van der Waals surface area contributed by atoms with E-state index >= 15 is 0 Å². The molecule has 16 heavy (non-hydrogen) atoms. The molecule has 0 aromatic heterocycles. The van der Waals surface area contributed by atoms with Crippen molar-refractivity contribution >= 4 is 0 Å². The summed E-state index contributed by atoms with van der Waals surface area (Å²) in [6.45, 7) is 3.20. The molecular formula is C10H22N4O2. The molecule has 0 aromatic carbocycles. The first kappa shape index (κ1) is 12.2. The van der Waals surface area contributed by atoms with E-state index in [2.05, 4.69) is 15.5 Å². The van der Waals surface area contributed by atoms with Crippen LogP contribution < -0.4 is 16.4 Å². The summed E-state index contributed by atoms with van der Waals surface area (Å²) in [4.78, 5) is 2.24. The second-order valence-electron chi connectivity index (χ2n) is 4.80. The summed E-state index contributed by atoms with van der Waals surface area (Å²) in [5, 5.41) is 25.6. The van der Waals surface area contributed by atoms with Crippen molar-refractivity contribution in [2.45, 2.75) is 30.8 Å². The Kier molecular flexibility index (Phi) is 3.78. The van der Waals surface area contributed by atoms with Crippen LogP contribution in [0.1, 0.15) is 12.8 Å². The van der Waals surface area contributed by atoms with Gasteiger partial charge in [-0.15, -0.1) is 0 Å². The Hall–Kier alpha value is -0.240. The number of nitrogens with one attached hydrogen (secondary N) is 2. The molecule has 6 N–H and O–H groups in total. The van der Waals surface area contributed by atoms with Crippen LogP contribution in [0.3, 0.4) is 0 Å². The maximum Gasteiger partial charge on any atom is 0.0901 e. The Morgan fingerprint density at radius 3 is 2.44 bits per heavy atom. The molecule has 2 aliphatic rings. The molecule has 2 rings (SSSR count). The third-order valence-electron chi connectivity index (χ3n) is 3.62. The topological polar surface area (TPSA) is 93.8 Å². The van der Waals surface area contributed by atoms with Crippen molar-refractivity contribution in [2.75, 3.05) is 32.8 Å². The molecule has 2 aliphatic heterocycles. The highest BCUT2D eigenvalue weighted by Gasteiger charge is 2.36. The summed E-state index contributed by atoms with van der Waals surface area (Å²) >= 11 is 0. The number of likely N-dealkylation sites (tertiary alicyclic amines) is 1. The summed E-state index contributed by atoms with van der Waals surface area (Å²) in [6, 6.07) is 0. The van der Waals surface area contributed by atoms with Crippen molar-refractivity contribution in [1.29, 1.82) is 0 Å². The molecule has 2 heterocycles. The number of piperidine rings is 1. The molecule has 6 heteroatoms. The third-order valence-corrected chi connectivity index (χ3v) is 3.62. The smallest absolute Gasteiger partial charge is 0.0901 e. The lowest BCUT2D eigenvalue weighted by Crippen LogP contribution is -2.68. The second-order valence-corrected chi connectivity index (χ2v) is 4.80. The lowest BCUT2D eigenvalue weighted by atomic mass is 9.92. The molecule has 0 aromatic rings. The zero-order valence-corrected chi connectivity index (χ0v) is 9.52. The fourth-order valence-corrected chi connectivity index (χ4v) is 2.43. The fourth-order valence-electron chi connectivity index (χ4n) is 2.43. The number of hydrogen-bond acceptors (Lipinski definition) is 6. The van der Waals surface area contributed by atoms with E-state index in [1.54, 1.807) is 0 Å². The average Bonchev–Trinajstić information content (AvgIpc) is 2.31. The van der Waals surface area contributed by atoms with Crippen molar-refractivity contribution in [1.82, 2.24) is 15.5 Å². The highest BCUT2D eigenvalue weighted by Crippen LogP contribution is 2.22. The van der Waals surface area contributed by atoms with E-state index < -0.39 is 5.60 Å². The lowest BCUT2D eigenvalue weighted by Gasteiger charge is -2.44. The minimum atomic E-state index is -0.886. The Labute approximate surface area is 95.8 Å². The second kappa shape index (κ2) is 4.95. The summed E-state index contributed by atoms with van der Waals surface area (Å²) in [7, 11) is 0. The average molecular weight is 230 g/mol. The van der Waals surface area contributed by atoms with Gasteiger partial charge in [0.15, 0.2) is 0 Å². The van der Waals surface area contributed by atoms with Gasteiger partial charge in [-0.25, -0.2) is 0 Å². The van der Waals surface area contributed by atoms with Crippen molar-refractivity contribution < 1.29 is 10.2 Å². The molecule has 94 valence electrons. The maximum atomic E-state index is 9.92. The van der Waals surface area contributed by atoms with Crippen LogP contribution in [0.25, 0.3) is 0 Å². The molecule has 0 bridgehead atoms. The predicted octanol–water partition coefficient (Wildman–Crippen LogP) is -2.39. The Balaban J connectivity index is 1.88. The van der Waals surface area contributed by atoms with E-state index in [1.807, 2.05) is 0 Å². The van der Waals surface area contributed by atoms with Crippen LogP contribution in [0.4, 0.5) is 0 Å². The van der Waals surface area contributed by atoms with Crippen LogP contribution in [-0.4, -0.2) is 65.8 Å². The van der Waals surface area contributed by atoms with Gasteiger partial charge in [0.1, 0.15) is 0 Å². The first-order valence-corrected chi connectivity index (χ1v) is 5.94. The van der Waals surface area contributed by atoms with E-state index in [-0.39, 0.29) is 18.9 Å². The predicted molar refractivity (Wildman–Crippen MR) is 60.6 cm³/mol. The molecule has 2 saturated heterocycles. The molecular weight excluding hydrogens is 208 g/mol. The number of hydrogen-bond donors (Lipinski definition) is 5. The summed E-state index contributed by atoms with van der Waals surface area (Å²) in [6.07, 6.45) is 1.29. The first-order valence-electron chi connectivity index (χ1n) is 5.94.